The van der Waals surface area contributed by atoms with E-state index in [1.54, 1.807) is 0 Å². The Kier molecular flexibility index (Phi) is 4.40. The highest BCUT2D eigenvalue weighted by molar-refractivity contribution is 5.95. The minimum Gasteiger partial charge on any atom is -0.478 e. The number of nitrogens with one attached hydrogen (secondary N) is 1. The first-order valence-corrected chi connectivity index (χ1v) is 6.99. The summed E-state index contributed by atoms with van der Waals surface area (Å²) in [6.07, 6.45) is 5.98. The van der Waals surface area contributed by atoms with Crippen molar-refractivity contribution in [2.75, 3.05) is 0 Å². The number of rotatable bonds is 5. The van der Waals surface area contributed by atoms with Crippen molar-refractivity contribution < 1.29 is 19.1 Å². The molecule has 1 aliphatic carbocycles. The van der Waals surface area contributed by atoms with Crippen molar-refractivity contribution in [3.63, 3.8) is 0 Å². The highest BCUT2D eigenvalue weighted by atomic mass is 19.1. The molecular formula is C16H18FNO3. The summed E-state index contributed by atoms with van der Waals surface area (Å²) >= 11 is 0. The summed E-state index contributed by atoms with van der Waals surface area (Å²) in [5, 5.41) is 11.4. The summed E-state index contributed by atoms with van der Waals surface area (Å²) in [4.78, 5) is 22.6. The van der Waals surface area contributed by atoms with Gasteiger partial charge >= 0.3 is 5.97 Å². The summed E-state index contributed by atoms with van der Waals surface area (Å²) < 4.78 is 14.0. The van der Waals surface area contributed by atoms with E-state index in [-0.39, 0.29) is 11.1 Å². The van der Waals surface area contributed by atoms with E-state index in [2.05, 4.69) is 5.32 Å². The van der Waals surface area contributed by atoms with Crippen LogP contribution in [0.15, 0.2) is 24.3 Å². The summed E-state index contributed by atoms with van der Waals surface area (Å²) in [5.41, 5.74) is 0.202. The maximum atomic E-state index is 14.0. The van der Waals surface area contributed by atoms with Crippen LogP contribution in [0, 0.1) is 5.82 Å². The van der Waals surface area contributed by atoms with E-state index in [0.717, 1.165) is 37.8 Å². The monoisotopic (exact) mass is 291 g/mol. The predicted molar refractivity (Wildman–Crippen MR) is 77.4 cm³/mol. The average Bonchev–Trinajstić information content (AvgIpc) is 2.40. The smallest absolute Gasteiger partial charge is 0.328 e. The van der Waals surface area contributed by atoms with Gasteiger partial charge in [-0.25, -0.2) is 9.18 Å². The van der Waals surface area contributed by atoms with Crippen LogP contribution in [0.5, 0.6) is 0 Å². The second kappa shape index (κ2) is 6.08. The summed E-state index contributed by atoms with van der Waals surface area (Å²) in [5.74, 6) is -2.17. The van der Waals surface area contributed by atoms with Gasteiger partial charge < -0.3 is 10.4 Å². The van der Waals surface area contributed by atoms with Crippen LogP contribution >= 0.6 is 0 Å². The Bertz CT molecular complexity index is 586. The largest absolute Gasteiger partial charge is 0.478 e. The second-order valence-electron chi connectivity index (χ2n) is 5.35. The normalized spacial score (nSPS) is 16.5. The van der Waals surface area contributed by atoms with Gasteiger partial charge in [0.15, 0.2) is 0 Å². The fraction of sp³-hybridized carbons (Fsp3) is 0.375. The fourth-order valence-corrected chi connectivity index (χ4v) is 2.47. The van der Waals surface area contributed by atoms with Gasteiger partial charge in [0.05, 0.1) is 5.56 Å². The Morgan fingerprint density at radius 2 is 2.14 bits per heavy atom. The fourth-order valence-electron chi connectivity index (χ4n) is 2.47. The third-order valence-electron chi connectivity index (χ3n) is 4.02. The van der Waals surface area contributed by atoms with Crippen LogP contribution in [0.2, 0.25) is 0 Å². The SMILES string of the molecule is CCC1(NC(=O)c2ccc(/C=C/C(=O)O)cc2F)CCC1. The summed E-state index contributed by atoms with van der Waals surface area (Å²) in [7, 11) is 0. The van der Waals surface area contributed by atoms with Crippen LogP contribution < -0.4 is 5.32 Å². The van der Waals surface area contributed by atoms with Crippen LogP contribution in [-0.4, -0.2) is 22.5 Å². The zero-order chi connectivity index (χ0) is 15.5. The second-order valence-corrected chi connectivity index (χ2v) is 5.35. The van der Waals surface area contributed by atoms with Gasteiger partial charge in [-0.1, -0.05) is 13.0 Å². The van der Waals surface area contributed by atoms with Crippen molar-refractivity contribution in [3.05, 3.63) is 41.2 Å². The molecule has 1 aromatic carbocycles. The first-order valence-electron chi connectivity index (χ1n) is 6.99. The maximum Gasteiger partial charge on any atom is 0.328 e. The lowest BCUT2D eigenvalue weighted by Gasteiger charge is -2.42. The van der Waals surface area contributed by atoms with E-state index in [0.29, 0.717) is 5.56 Å². The highest BCUT2D eigenvalue weighted by Gasteiger charge is 2.36. The number of halogens is 1. The van der Waals surface area contributed by atoms with Crippen molar-refractivity contribution in [1.29, 1.82) is 0 Å². The molecule has 0 spiro atoms. The van der Waals surface area contributed by atoms with E-state index < -0.39 is 17.7 Å². The van der Waals surface area contributed by atoms with Crippen LogP contribution in [0.25, 0.3) is 6.08 Å². The quantitative estimate of drug-likeness (QED) is 0.820. The Morgan fingerprint density at radius 1 is 1.43 bits per heavy atom. The van der Waals surface area contributed by atoms with Crippen LogP contribution in [0.3, 0.4) is 0 Å². The number of amides is 1. The zero-order valence-electron chi connectivity index (χ0n) is 11.9. The third kappa shape index (κ3) is 3.48. The lowest BCUT2D eigenvalue weighted by molar-refractivity contribution is -0.131. The number of carboxylic acid groups (broad SMARTS) is 1. The minimum absolute atomic E-state index is 0.0119. The number of benzene rings is 1. The molecule has 21 heavy (non-hydrogen) atoms. The Balaban J connectivity index is 2.13. The van der Waals surface area contributed by atoms with Gasteiger partial charge in [0.25, 0.3) is 5.91 Å². The third-order valence-corrected chi connectivity index (χ3v) is 4.02. The van der Waals surface area contributed by atoms with Crippen molar-refractivity contribution >= 4 is 18.0 Å². The lowest BCUT2D eigenvalue weighted by atomic mass is 9.74. The van der Waals surface area contributed by atoms with Crippen molar-refractivity contribution in [3.8, 4) is 0 Å². The molecule has 1 saturated carbocycles. The van der Waals surface area contributed by atoms with Crippen LogP contribution in [-0.2, 0) is 4.79 Å². The lowest BCUT2D eigenvalue weighted by Crippen LogP contribution is -2.53. The average molecular weight is 291 g/mol. The molecular weight excluding hydrogens is 273 g/mol. The van der Waals surface area contributed by atoms with Gasteiger partial charge in [0, 0.05) is 11.6 Å². The molecule has 5 heteroatoms. The standard InChI is InChI=1S/C16H18FNO3/c1-2-16(8-3-9-16)18-15(21)12-6-4-11(10-13(12)17)5-7-14(19)20/h4-7,10H,2-3,8-9H2,1H3,(H,18,21)(H,19,20)/b7-5+. The van der Waals surface area contributed by atoms with Crippen LogP contribution in [0.1, 0.15) is 48.5 Å². The molecule has 0 aromatic heterocycles. The summed E-state index contributed by atoms with van der Waals surface area (Å²) in [6.45, 7) is 2.01. The van der Waals surface area contributed by atoms with Crippen molar-refractivity contribution in [2.45, 2.75) is 38.1 Å². The maximum absolute atomic E-state index is 14.0. The predicted octanol–water partition coefficient (Wildman–Crippen LogP) is 2.99. The number of hydrogen-bond acceptors (Lipinski definition) is 2. The molecule has 0 radical (unpaired) electrons. The number of carbonyl (C=O) groups is 2. The van der Waals surface area contributed by atoms with E-state index in [9.17, 15) is 14.0 Å². The molecule has 0 saturated heterocycles. The molecule has 1 amide bonds. The van der Waals surface area contributed by atoms with Crippen LogP contribution in [0.4, 0.5) is 4.39 Å². The molecule has 0 atom stereocenters. The molecule has 112 valence electrons. The molecule has 1 aromatic rings. The molecule has 2 rings (SSSR count). The van der Waals surface area contributed by atoms with Gasteiger partial charge in [-0.05, 0) is 49.5 Å². The van der Waals surface area contributed by atoms with Crippen molar-refractivity contribution in [2.24, 2.45) is 0 Å². The minimum atomic E-state index is -1.10. The number of carbonyl (C=O) groups excluding carboxylic acids is 1. The van der Waals surface area contributed by atoms with E-state index in [1.807, 2.05) is 6.92 Å². The molecule has 0 unspecified atom stereocenters. The number of carboxylic acids is 1. The zero-order valence-corrected chi connectivity index (χ0v) is 11.9. The Labute approximate surface area is 122 Å². The van der Waals surface area contributed by atoms with Gasteiger partial charge in [-0.15, -0.1) is 0 Å². The molecule has 0 bridgehead atoms. The highest BCUT2D eigenvalue weighted by Crippen LogP contribution is 2.34. The van der Waals surface area contributed by atoms with E-state index in [4.69, 9.17) is 5.11 Å². The first-order chi connectivity index (χ1) is 9.96. The van der Waals surface area contributed by atoms with E-state index >= 15 is 0 Å². The molecule has 1 aliphatic rings. The first kappa shape index (κ1) is 15.2. The molecule has 2 N–H and O–H groups in total. The Hall–Kier alpha value is -2.17. The topological polar surface area (TPSA) is 66.4 Å². The molecule has 0 aliphatic heterocycles. The Morgan fingerprint density at radius 3 is 2.62 bits per heavy atom. The van der Waals surface area contributed by atoms with Gasteiger partial charge in [-0.3, -0.25) is 4.79 Å². The van der Waals surface area contributed by atoms with Gasteiger partial charge in [0.1, 0.15) is 5.82 Å². The number of hydrogen-bond donors (Lipinski definition) is 2. The van der Waals surface area contributed by atoms with Gasteiger partial charge in [-0.2, -0.15) is 0 Å². The van der Waals surface area contributed by atoms with Crippen molar-refractivity contribution in [1.82, 2.24) is 5.32 Å². The summed E-state index contributed by atoms with van der Waals surface area (Å²) in [6, 6.07) is 4.07. The molecule has 0 heterocycles. The number of aliphatic carboxylic acids is 1. The van der Waals surface area contributed by atoms with E-state index in [1.165, 1.54) is 18.2 Å². The molecule has 1 fully saturated rings. The molecule has 4 nitrogen and oxygen atoms in total. The van der Waals surface area contributed by atoms with Gasteiger partial charge in [0.2, 0.25) is 0 Å².